The van der Waals surface area contributed by atoms with E-state index < -0.39 is 10.8 Å². The summed E-state index contributed by atoms with van der Waals surface area (Å²) >= 11 is 7.47. The minimum atomic E-state index is -0.574. The molecular weight excluding hydrogens is 324 g/mol. The molecule has 0 atom stereocenters. The first-order chi connectivity index (χ1) is 10.4. The quantitative estimate of drug-likeness (QED) is 0.505. The van der Waals surface area contributed by atoms with Gasteiger partial charge in [-0.1, -0.05) is 17.7 Å². The standard InChI is InChI=1S/C15H13ClN2O3S/c1-9-3-5-13(12(16)7-9)17-15(19)11-8-10(22-2)4-6-14(11)18(20)21/h3-8H,1-2H3,(H,17,19). The van der Waals surface area contributed by atoms with Crippen molar-refractivity contribution in [2.24, 2.45) is 0 Å². The number of carbonyl (C=O) groups is 1. The van der Waals surface area contributed by atoms with Gasteiger partial charge in [-0.05, 0) is 43.0 Å². The average molecular weight is 337 g/mol. The van der Waals surface area contributed by atoms with Crippen molar-refractivity contribution in [3.63, 3.8) is 0 Å². The number of carbonyl (C=O) groups excluding carboxylic acids is 1. The minimum Gasteiger partial charge on any atom is -0.320 e. The van der Waals surface area contributed by atoms with E-state index in [0.29, 0.717) is 10.7 Å². The largest absolute Gasteiger partial charge is 0.320 e. The first-order valence-electron chi connectivity index (χ1n) is 6.32. The lowest BCUT2D eigenvalue weighted by Crippen LogP contribution is -2.14. The van der Waals surface area contributed by atoms with Crippen LogP contribution < -0.4 is 5.32 Å². The molecule has 0 saturated heterocycles. The Balaban J connectivity index is 2.38. The summed E-state index contributed by atoms with van der Waals surface area (Å²) in [5.74, 6) is -0.562. The monoisotopic (exact) mass is 336 g/mol. The summed E-state index contributed by atoms with van der Waals surface area (Å²) in [6, 6.07) is 9.62. The lowest BCUT2D eigenvalue weighted by atomic mass is 10.1. The number of rotatable bonds is 4. The predicted octanol–water partition coefficient (Wildman–Crippen LogP) is 4.53. The van der Waals surface area contributed by atoms with E-state index in [0.717, 1.165) is 10.5 Å². The fourth-order valence-electron chi connectivity index (χ4n) is 1.89. The van der Waals surface area contributed by atoms with Crippen molar-refractivity contribution in [2.75, 3.05) is 11.6 Å². The summed E-state index contributed by atoms with van der Waals surface area (Å²) in [5, 5.41) is 14.1. The molecule has 114 valence electrons. The van der Waals surface area contributed by atoms with Gasteiger partial charge in [0.05, 0.1) is 15.6 Å². The zero-order chi connectivity index (χ0) is 16.3. The number of hydrogen-bond donors (Lipinski definition) is 1. The topological polar surface area (TPSA) is 72.2 Å². The molecule has 7 heteroatoms. The number of anilines is 1. The number of benzene rings is 2. The summed E-state index contributed by atoms with van der Waals surface area (Å²) in [6.07, 6.45) is 1.83. The molecule has 0 unspecified atom stereocenters. The molecule has 22 heavy (non-hydrogen) atoms. The third-order valence-corrected chi connectivity index (χ3v) is 4.06. The van der Waals surface area contributed by atoms with Gasteiger partial charge in [0.1, 0.15) is 5.56 Å². The van der Waals surface area contributed by atoms with E-state index >= 15 is 0 Å². The van der Waals surface area contributed by atoms with Crippen LogP contribution in [0.5, 0.6) is 0 Å². The molecule has 2 aromatic rings. The van der Waals surface area contributed by atoms with Crippen molar-refractivity contribution in [3.8, 4) is 0 Å². The second-order valence-corrected chi connectivity index (χ2v) is 5.86. The Kier molecular flexibility index (Phi) is 5.05. The van der Waals surface area contributed by atoms with Crippen LogP contribution in [0.1, 0.15) is 15.9 Å². The number of amides is 1. The Morgan fingerprint density at radius 2 is 2.00 bits per heavy atom. The molecule has 1 amide bonds. The Labute approximate surface area is 136 Å². The minimum absolute atomic E-state index is 0.00786. The molecule has 0 radical (unpaired) electrons. The number of thioether (sulfide) groups is 1. The van der Waals surface area contributed by atoms with E-state index in [1.54, 1.807) is 24.3 Å². The Morgan fingerprint density at radius 1 is 1.27 bits per heavy atom. The van der Waals surface area contributed by atoms with Gasteiger partial charge in [-0.3, -0.25) is 14.9 Å². The summed E-state index contributed by atoms with van der Waals surface area (Å²) < 4.78 is 0. The van der Waals surface area contributed by atoms with Crippen LogP contribution in [0.4, 0.5) is 11.4 Å². The van der Waals surface area contributed by atoms with E-state index in [2.05, 4.69) is 5.32 Å². The second kappa shape index (κ2) is 6.81. The van der Waals surface area contributed by atoms with Crippen LogP contribution in [0.3, 0.4) is 0 Å². The van der Waals surface area contributed by atoms with Crippen LogP contribution in [0.25, 0.3) is 0 Å². The lowest BCUT2D eigenvalue weighted by molar-refractivity contribution is -0.385. The van der Waals surface area contributed by atoms with Gasteiger partial charge in [0.2, 0.25) is 0 Å². The Bertz CT molecular complexity index is 750. The van der Waals surface area contributed by atoms with Crippen molar-refractivity contribution < 1.29 is 9.72 Å². The zero-order valence-electron chi connectivity index (χ0n) is 11.9. The van der Waals surface area contributed by atoms with Crippen LogP contribution in [0.15, 0.2) is 41.3 Å². The number of nitro benzene ring substituents is 1. The molecule has 0 spiro atoms. The van der Waals surface area contributed by atoms with Gasteiger partial charge in [-0.15, -0.1) is 11.8 Å². The number of halogens is 1. The number of aryl methyl sites for hydroxylation is 1. The Morgan fingerprint density at radius 3 is 2.59 bits per heavy atom. The van der Waals surface area contributed by atoms with Crippen molar-refractivity contribution in [3.05, 3.63) is 62.7 Å². The van der Waals surface area contributed by atoms with Crippen LogP contribution in [0, 0.1) is 17.0 Å². The summed E-state index contributed by atoms with van der Waals surface area (Å²) in [7, 11) is 0. The van der Waals surface area contributed by atoms with Gasteiger partial charge < -0.3 is 5.32 Å². The van der Waals surface area contributed by atoms with Crippen LogP contribution in [-0.2, 0) is 0 Å². The predicted molar refractivity (Wildman–Crippen MR) is 89.0 cm³/mol. The van der Waals surface area contributed by atoms with Crippen molar-refractivity contribution in [1.82, 2.24) is 0 Å². The lowest BCUT2D eigenvalue weighted by Gasteiger charge is -2.09. The second-order valence-electron chi connectivity index (χ2n) is 4.58. The number of nitrogens with one attached hydrogen (secondary N) is 1. The molecule has 5 nitrogen and oxygen atoms in total. The van der Waals surface area contributed by atoms with E-state index in [1.807, 2.05) is 13.2 Å². The normalized spacial score (nSPS) is 10.3. The summed E-state index contributed by atoms with van der Waals surface area (Å²) in [5.41, 5.74) is 1.14. The molecule has 0 bridgehead atoms. The maximum atomic E-state index is 12.4. The molecule has 0 aromatic heterocycles. The smallest absolute Gasteiger partial charge is 0.282 e. The highest BCUT2D eigenvalue weighted by Gasteiger charge is 2.21. The third kappa shape index (κ3) is 3.58. The van der Waals surface area contributed by atoms with Crippen molar-refractivity contribution >= 4 is 40.6 Å². The molecule has 2 rings (SSSR count). The zero-order valence-corrected chi connectivity index (χ0v) is 13.5. The van der Waals surface area contributed by atoms with Gasteiger partial charge in [0.15, 0.2) is 0 Å². The van der Waals surface area contributed by atoms with Gasteiger partial charge in [-0.2, -0.15) is 0 Å². The molecule has 1 N–H and O–H groups in total. The van der Waals surface area contributed by atoms with Gasteiger partial charge >= 0.3 is 0 Å². The van der Waals surface area contributed by atoms with Gasteiger partial charge in [-0.25, -0.2) is 0 Å². The van der Waals surface area contributed by atoms with Gasteiger partial charge in [0, 0.05) is 11.0 Å². The van der Waals surface area contributed by atoms with Crippen LogP contribution >= 0.6 is 23.4 Å². The fourth-order valence-corrected chi connectivity index (χ4v) is 2.62. The molecule has 0 aliphatic carbocycles. The van der Waals surface area contributed by atoms with Crippen LogP contribution in [0.2, 0.25) is 5.02 Å². The number of nitro groups is 1. The van der Waals surface area contributed by atoms with E-state index in [9.17, 15) is 14.9 Å². The third-order valence-electron chi connectivity index (χ3n) is 3.02. The molecule has 2 aromatic carbocycles. The van der Waals surface area contributed by atoms with E-state index in [-0.39, 0.29) is 11.3 Å². The molecule has 0 fully saturated rings. The van der Waals surface area contributed by atoms with E-state index in [4.69, 9.17) is 11.6 Å². The SMILES string of the molecule is CSc1ccc([N+](=O)[O-])c(C(=O)Nc2ccc(C)cc2Cl)c1. The highest BCUT2D eigenvalue weighted by molar-refractivity contribution is 7.98. The summed E-state index contributed by atoms with van der Waals surface area (Å²) in [4.78, 5) is 23.6. The molecule has 0 aliphatic heterocycles. The van der Waals surface area contributed by atoms with Crippen LogP contribution in [-0.4, -0.2) is 17.1 Å². The average Bonchev–Trinajstić information content (AvgIpc) is 2.49. The van der Waals surface area contributed by atoms with Crippen molar-refractivity contribution in [2.45, 2.75) is 11.8 Å². The summed E-state index contributed by atoms with van der Waals surface area (Å²) in [6.45, 7) is 1.88. The Hall–Kier alpha value is -2.05. The molecule has 0 heterocycles. The number of nitrogens with zero attached hydrogens (tertiary/aromatic N) is 1. The van der Waals surface area contributed by atoms with Gasteiger partial charge in [0.25, 0.3) is 11.6 Å². The van der Waals surface area contributed by atoms with Crippen molar-refractivity contribution in [1.29, 1.82) is 0 Å². The molecular formula is C15H13ClN2O3S. The first kappa shape index (κ1) is 16.3. The van der Waals surface area contributed by atoms with E-state index in [1.165, 1.54) is 23.9 Å². The number of hydrogen-bond acceptors (Lipinski definition) is 4. The maximum Gasteiger partial charge on any atom is 0.282 e. The highest BCUT2D eigenvalue weighted by atomic mass is 35.5. The highest BCUT2D eigenvalue weighted by Crippen LogP contribution is 2.27. The first-order valence-corrected chi connectivity index (χ1v) is 7.92. The molecule has 0 aliphatic rings. The molecule has 0 saturated carbocycles. The fraction of sp³-hybridized carbons (Fsp3) is 0.133. The maximum absolute atomic E-state index is 12.4.